The van der Waals surface area contributed by atoms with Crippen LogP contribution in [0.2, 0.25) is 0 Å². The highest BCUT2D eigenvalue weighted by molar-refractivity contribution is 5.70. The van der Waals surface area contributed by atoms with Crippen LogP contribution >= 0.6 is 0 Å². The molecule has 1 aliphatic rings. The SMILES string of the molecule is O=C(O)N1CC(=Cc2ccccc2C(F)(F)F)C1. The highest BCUT2D eigenvalue weighted by atomic mass is 19.4. The normalized spacial score (nSPS) is 15.3. The minimum Gasteiger partial charge on any atom is -0.465 e. The maximum Gasteiger partial charge on any atom is 0.416 e. The Hall–Kier alpha value is -1.98. The van der Waals surface area contributed by atoms with Crippen LogP contribution in [-0.2, 0) is 6.18 Å². The maximum absolute atomic E-state index is 12.7. The van der Waals surface area contributed by atoms with Crippen LogP contribution in [-0.4, -0.2) is 29.2 Å². The molecule has 1 aliphatic heterocycles. The quantitative estimate of drug-likeness (QED) is 0.839. The molecular formula is C12H10F3NO2. The third-order valence-electron chi connectivity index (χ3n) is 2.68. The molecule has 3 nitrogen and oxygen atoms in total. The molecule has 0 atom stereocenters. The first-order valence-corrected chi connectivity index (χ1v) is 5.21. The molecule has 1 saturated heterocycles. The van der Waals surface area contributed by atoms with Gasteiger partial charge in [0.2, 0.25) is 0 Å². The van der Waals surface area contributed by atoms with Gasteiger partial charge in [-0.1, -0.05) is 24.3 Å². The predicted molar refractivity (Wildman–Crippen MR) is 59.0 cm³/mol. The number of carbonyl (C=O) groups is 1. The second-order valence-corrected chi connectivity index (χ2v) is 4.03. The van der Waals surface area contributed by atoms with Gasteiger partial charge in [-0.2, -0.15) is 13.2 Å². The van der Waals surface area contributed by atoms with Gasteiger partial charge in [0.05, 0.1) is 5.56 Å². The lowest BCUT2D eigenvalue weighted by molar-refractivity contribution is -0.137. The Morgan fingerprint density at radius 1 is 1.28 bits per heavy atom. The Bertz CT molecular complexity index is 500. The number of hydrogen-bond donors (Lipinski definition) is 1. The monoisotopic (exact) mass is 257 g/mol. The van der Waals surface area contributed by atoms with Crippen molar-refractivity contribution in [2.75, 3.05) is 13.1 Å². The van der Waals surface area contributed by atoms with Gasteiger partial charge in [0.15, 0.2) is 0 Å². The molecule has 0 radical (unpaired) electrons. The molecule has 1 amide bonds. The van der Waals surface area contributed by atoms with E-state index in [4.69, 9.17) is 5.11 Å². The topological polar surface area (TPSA) is 40.5 Å². The van der Waals surface area contributed by atoms with Crippen molar-refractivity contribution in [3.63, 3.8) is 0 Å². The Balaban J connectivity index is 2.21. The molecule has 2 rings (SSSR count). The molecule has 0 aliphatic carbocycles. The predicted octanol–water partition coefficient (Wildman–Crippen LogP) is 3.08. The molecule has 6 heteroatoms. The largest absolute Gasteiger partial charge is 0.465 e. The molecule has 1 N–H and O–H groups in total. The lowest BCUT2D eigenvalue weighted by atomic mass is 10.0. The summed E-state index contributed by atoms with van der Waals surface area (Å²) in [6.45, 7) is 0.336. The van der Waals surface area contributed by atoms with Gasteiger partial charge in [-0.15, -0.1) is 0 Å². The second-order valence-electron chi connectivity index (χ2n) is 4.03. The zero-order valence-electron chi connectivity index (χ0n) is 9.24. The fraction of sp³-hybridized carbons (Fsp3) is 0.250. The third-order valence-corrected chi connectivity index (χ3v) is 2.68. The lowest BCUT2D eigenvalue weighted by Crippen LogP contribution is -2.43. The fourth-order valence-electron chi connectivity index (χ4n) is 1.77. The number of alkyl halides is 3. The van der Waals surface area contributed by atoms with Crippen LogP contribution in [0.5, 0.6) is 0 Å². The van der Waals surface area contributed by atoms with Crippen LogP contribution in [0.3, 0.4) is 0 Å². The molecule has 0 saturated carbocycles. The summed E-state index contributed by atoms with van der Waals surface area (Å²) in [6, 6.07) is 5.24. The summed E-state index contributed by atoms with van der Waals surface area (Å²) in [6.07, 6.45) is -4.05. The van der Waals surface area contributed by atoms with Gasteiger partial charge in [0.25, 0.3) is 0 Å². The van der Waals surface area contributed by atoms with E-state index in [0.717, 1.165) is 11.0 Å². The molecule has 1 aromatic carbocycles. The van der Waals surface area contributed by atoms with Crippen molar-refractivity contribution in [2.24, 2.45) is 0 Å². The van der Waals surface area contributed by atoms with Gasteiger partial charge >= 0.3 is 12.3 Å². The summed E-state index contributed by atoms with van der Waals surface area (Å²) in [5.41, 5.74) is 0.0467. The van der Waals surface area contributed by atoms with Crippen LogP contribution in [0.4, 0.5) is 18.0 Å². The van der Waals surface area contributed by atoms with Gasteiger partial charge in [-0.25, -0.2) is 4.79 Å². The Morgan fingerprint density at radius 3 is 2.44 bits per heavy atom. The van der Waals surface area contributed by atoms with Crippen molar-refractivity contribution in [2.45, 2.75) is 6.18 Å². The van der Waals surface area contributed by atoms with E-state index >= 15 is 0 Å². The summed E-state index contributed by atoms with van der Waals surface area (Å²) in [5.74, 6) is 0. The fourth-order valence-corrected chi connectivity index (χ4v) is 1.77. The number of likely N-dealkylation sites (tertiary alicyclic amines) is 1. The molecule has 1 heterocycles. The molecular weight excluding hydrogens is 247 g/mol. The van der Waals surface area contributed by atoms with E-state index in [1.165, 1.54) is 24.3 Å². The highest BCUT2D eigenvalue weighted by Gasteiger charge is 2.33. The number of benzene rings is 1. The molecule has 1 aromatic rings. The zero-order valence-corrected chi connectivity index (χ0v) is 9.24. The van der Waals surface area contributed by atoms with Crippen molar-refractivity contribution in [1.29, 1.82) is 0 Å². The Labute approximate surface area is 101 Å². The van der Waals surface area contributed by atoms with Crippen LogP contribution in [0.25, 0.3) is 6.08 Å². The smallest absolute Gasteiger partial charge is 0.416 e. The minimum absolute atomic E-state index is 0.0741. The van der Waals surface area contributed by atoms with E-state index in [1.54, 1.807) is 0 Å². The first-order valence-electron chi connectivity index (χ1n) is 5.21. The average molecular weight is 257 g/mol. The molecule has 18 heavy (non-hydrogen) atoms. The number of carboxylic acid groups (broad SMARTS) is 1. The summed E-state index contributed by atoms with van der Waals surface area (Å²) in [5, 5.41) is 8.62. The van der Waals surface area contributed by atoms with E-state index in [1.807, 2.05) is 0 Å². The first kappa shape index (κ1) is 12.5. The van der Waals surface area contributed by atoms with Gasteiger partial charge in [-0.05, 0) is 17.2 Å². The Kier molecular flexibility index (Phi) is 3.02. The molecule has 1 fully saturated rings. The molecule has 0 unspecified atom stereocenters. The molecule has 0 aromatic heterocycles. The van der Waals surface area contributed by atoms with Crippen LogP contribution in [0.1, 0.15) is 11.1 Å². The summed E-state index contributed by atoms with van der Waals surface area (Å²) in [7, 11) is 0. The van der Waals surface area contributed by atoms with Crippen LogP contribution in [0, 0.1) is 0 Å². The highest BCUT2D eigenvalue weighted by Crippen LogP contribution is 2.33. The van der Waals surface area contributed by atoms with Gasteiger partial charge in [-0.3, -0.25) is 0 Å². The average Bonchev–Trinajstić information content (AvgIpc) is 2.21. The number of amides is 1. The van der Waals surface area contributed by atoms with Crippen molar-refractivity contribution < 1.29 is 23.1 Å². The summed E-state index contributed by atoms with van der Waals surface area (Å²) in [4.78, 5) is 11.7. The van der Waals surface area contributed by atoms with Gasteiger partial charge < -0.3 is 10.0 Å². The lowest BCUT2D eigenvalue weighted by Gasteiger charge is -2.31. The van der Waals surface area contributed by atoms with Gasteiger partial charge in [0, 0.05) is 13.1 Å². The molecule has 0 spiro atoms. The van der Waals surface area contributed by atoms with Crippen molar-refractivity contribution in [3.8, 4) is 0 Å². The first-order chi connectivity index (χ1) is 8.38. The zero-order chi connectivity index (χ0) is 13.3. The van der Waals surface area contributed by atoms with Crippen LogP contribution in [0.15, 0.2) is 29.8 Å². The van der Waals surface area contributed by atoms with Crippen LogP contribution < -0.4 is 0 Å². The molecule has 0 bridgehead atoms. The summed E-state index contributed by atoms with van der Waals surface area (Å²) >= 11 is 0. The third kappa shape index (κ3) is 2.47. The van der Waals surface area contributed by atoms with Crippen molar-refractivity contribution >= 4 is 12.2 Å². The summed E-state index contributed by atoms with van der Waals surface area (Å²) < 4.78 is 38.1. The van der Waals surface area contributed by atoms with E-state index in [2.05, 4.69) is 0 Å². The van der Waals surface area contributed by atoms with Crippen molar-refractivity contribution in [1.82, 2.24) is 4.90 Å². The molecule has 96 valence electrons. The number of hydrogen-bond acceptors (Lipinski definition) is 1. The number of nitrogens with zero attached hydrogens (tertiary/aromatic N) is 1. The standard InChI is InChI=1S/C12H10F3NO2/c13-12(14,15)10-4-2-1-3-9(10)5-8-6-16(7-8)11(17)18/h1-5H,6-7H2,(H,17,18). The van der Waals surface area contributed by atoms with E-state index in [0.29, 0.717) is 5.57 Å². The van der Waals surface area contributed by atoms with E-state index < -0.39 is 17.8 Å². The number of rotatable bonds is 1. The van der Waals surface area contributed by atoms with Gasteiger partial charge in [0.1, 0.15) is 0 Å². The number of halogens is 3. The second kappa shape index (κ2) is 4.36. The van der Waals surface area contributed by atoms with E-state index in [-0.39, 0.29) is 18.7 Å². The Morgan fingerprint density at radius 2 is 1.89 bits per heavy atom. The maximum atomic E-state index is 12.7. The van der Waals surface area contributed by atoms with E-state index in [9.17, 15) is 18.0 Å². The minimum atomic E-state index is -4.40. The van der Waals surface area contributed by atoms with Crippen molar-refractivity contribution in [3.05, 3.63) is 41.0 Å².